The van der Waals surface area contributed by atoms with Crippen LogP contribution in [0.3, 0.4) is 0 Å². The Hall–Kier alpha value is -1.46. The summed E-state index contributed by atoms with van der Waals surface area (Å²) in [5.74, 6) is 0.546. The van der Waals surface area contributed by atoms with Crippen molar-refractivity contribution in [1.29, 1.82) is 0 Å². The lowest BCUT2D eigenvalue weighted by Gasteiger charge is -2.15. The molecule has 0 bridgehead atoms. The van der Waals surface area contributed by atoms with Gasteiger partial charge < -0.3 is 11.1 Å². The van der Waals surface area contributed by atoms with Crippen LogP contribution in [0.25, 0.3) is 0 Å². The molecule has 0 spiro atoms. The van der Waals surface area contributed by atoms with E-state index in [1.54, 1.807) is 17.5 Å². The van der Waals surface area contributed by atoms with E-state index in [1.165, 1.54) is 0 Å². The van der Waals surface area contributed by atoms with Crippen LogP contribution in [-0.2, 0) is 0 Å². The molecule has 15 heavy (non-hydrogen) atoms. The van der Waals surface area contributed by atoms with Gasteiger partial charge in [-0.15, -0.1) is 11.3 Å². The third kappa shape index (κ3) is 1.98. The molecule has 2 aromatic rings. The fourth-order valence-electron chi connectivity index (χ4n) is 1.50. The Morgan fingerprint density at radius 1 is 1.47 bits per heavy atom. The Kier molecular flexibility index (Phi) is 2.94. The SMILES string of the molecule is CNC(c1cscn1)c1cccnc1N. The second kappa shape index (κ2) is 4.37. The summed E-state index contributed by atoms with van der Waals surface area (Å²) in [7, 11) is 1.89. The summed E-state index contributed by atoms with van der Waals surface area (Å²) in [4.78, 5) is 8.35. The molecule has 0 amide bonds. The average molecular weight is 220 g/mol. The number of pyridine rings is 1. The highest BCUT2D eigenvalue weighted by atomic mass is 32.1. The van der Waals surface area contributed by atoms with Crippen molar-refractivity contribution in [3.63, 3.8) is 0 Å². The minimum Gasteiger partial charge on any atom is -0.383 e. The minimum absolute atomic E-state index is 0.0185. The van der Waals surface area contributed by atoms with Crippen LogP contribution >= 0.6 is 11.3 Å². The first-order chi connectivity index (χ1) is 7.33. The van der Waals surface area contributed by atoms with Gasteiger partial charge in [-0.25, -0.2) is 9.97 Å². The van der Waals surface area contributed by atoms with E-state index in [-0.39, 0.29) is 6.04 Å². The molecule has 5 heteroatoms. The number of nitrogens with one attached hydrogen (secondary N) is 1. The third-order valence-electron chi connectivity index (χ3n) is 2.22. The third-order valence-corrected chi connectivity index (χ3v) is 2.82. The van der Waals surface area contributed by atoms with Crippen molar-refractivity contribution in [3.05, 3.63) is 40.5 Å². The first-order valence-electron chi connectivity index (χ1n) is 4.58. The maximum absolute atomic E-state index is 5.83. The van der Waals surface area contributed by atoms with Crippen molar-refractivity contribution >= 4 is 17.2 Å². The number of thiazole rings is 1. The van der Waals surface area contributed by atoms with Gasteiger partial charge in [0.25, 0.3) is 0 Å². The highest BCUT2D eigenvalue weighted by Crippen LogP contribution is 2.24. The van der Waals surface area contributed by atoms with Crippen molar-refractivity contribution in [2.75, 3.05) is 12.8 Å². The fourth-order valence-corrected chi connectivity index (χ4v) is 2.08. The van der Waals surface area contributed by atoms with Gasteiger partial charge in [-0.3, -0.25) is 0 Å². The Labute approximate surface area is 92.2 Å². The van der Waals surface area contributed by atoms with Crippen molar-refractivity contribution in [1.82, 2.24) is 15.3 Å². The van der Waals surface area contributed by atoms with E-state index in [4.69, 9.17) is 5.73 Å². The molecule has 3 N–H and O–H groups in total. The number of nitrogen functional groups attached to an aromatic ring is 1. The Morgan fingerprint density at radius 2 is 2.33 bits per heavy atom. The maximum atomic E-state index is 5.83. The van der Waals surface area contributed by atoms with Gasteiger partial charge in [0.2, 0.25) is 0 Å². The van der Waals surface area contributed by atoms with Gasteiger partial charge in [0, 0.05) is 17.1 Å². The van der Waals surface area contributed by atoms with Gasteiger partial charge in [-0.2, -0.15) is 0 Å². The fraction of sp³-hybridized carbons (Fsp3) is 0.200. The van der Waals surface area contributed by atoms with Crippen LogP contribution in [0, 0.1) is 0 Å². The molecule has 1 atom stereocenters. The van der Waals surface area contributed by atoms with Gasteiger partial charge in [-0.1, -0.05) is 6.07 Å². The number of nitrogens with zero attached hydrogens (tertiary/aromatic N) is 2. The number of anilines is 1. The standard InChI is InChI=1S/C10H12N4S/c1-12-9(8-5-15-6-14-8)7-3-2-4-13-10(7)11/h2-6,9,12H,1H3,(H2,11,13). The summed E-state index contributed by atoms with van der Waals surface area (Å²) >= 11 is 1.57. The molecule has 0 aliphatic carbocycles. The summed E-state index contributed by atoms with van der Waals surface area (Å²) in [6.07, 6.45) is 1.69. The van der Waals surface area contributed by atoms with Crippen LogP contribution in [0.1, 0.15) is 17.3 Å². The van der Waals surface area contributed by atoms with Crippen LogP contribution in [0.15, 0.2) is 29.2 Å². The Bertz CT molecular complexity index is 427. The average Bonchev–Trinajstić information content (AvgIpc) is 2.75. The number of hydrogen-bond donors (Lipinski definition) is 2. The van der Waals surface area contributed by atoms with Crippen molar-refractivity contribution in [2.45, 2.75) is 6.04 Å². The monoisotopic (exact) mass is 220 g/mol. The second-order valence-corrected chi connectivity index (χ2v) is 3.83. The molecule has 1 unspecified atom stereocenters. The molecular weight excluding hydrogens is 208 g/mol. The quantitative estimate of drug-likeness (QED) is 0.821. The van der Waals surface area contributed by atoms with Crippen molar-refractivity contribution in [2.24, 2.45) is 0 Å². The molecular formula is C10H12N4S. The molecule has 78 valence electrons. The van der Waals surface area contributed by atoms with Crippen molar-refractivity contribution in [3.8, 4) is 0 Å². The number of rotatable bonds is 3. The molecule has 0 radical (unpaired) electrons. The van der Waals surface area contributed by atoms with E-state index < -0.39 is 0 Å². The van der Waals surface area contributed by atoms with Gasteiger partial charge in [0.15, 0.2) is 0 Å². The molecule has 2 aromatic heterocycles. The number of nitrogens with two attached hydrogens (primary N) is 1. The zero-order valence-electron chi connectivity index (χ0n) is 8.34. The summed E-state index contributed by atoms with van der Waals surface area (Å²) in [6, 6.07) is 3.86. The predicted octanol–water partition coefficient (Wildman–Crippen LogP) is 1.43. The number of hydrogen-bond acceptors (Lipinski definition) is 5. The van der Waals surface area contributed by atoms with E-state index in [9.17, 15) is 0 Å². The summed E-state index contributed by atoms with van der Waals surface area (Å²) < 4.78 is 0. The van der Waals surface area contributed by atoms with Gasteiger partial charge in [0.05, 0.1) is 17.2 Å². The van der Waals surface area contributed by atoms with E-state index in [2.05, 4.69) is 15.3 Å². The molecule has 0 aliphatic rings. The van der Waals surface area contributed by atoms with Crippen LogP contribution in [0.5, 0.6) is 0 Å². The van der Waals surface area contributed by atoms with Crippen LogP contribution < -0.4 is 11.1 Å². The van der Waals surface area contributed by atoms with E-state index in [0.29, 0.717) is 5.82 Å². The number of aromatic nitrogens is 2. The van der Waals surface area contributed by atoms with E-state index in [0.717, 1.165) is 11.3 Å². The lowest BCUT2D eigenvalue weighted by molar-refractivity contribution is 0.675. The molecule has 4 nitrogen and oxygen atoms in total. The summed E-state index contributed by atoms with van der Waals surface area (Å²) in [6.45, 7) is 0. The van der Waals surface area contributed by atoms with Crippen LogP contribution in [0.4, 0.5) is 5.82 Å². The predicted molar refractivity (Wildman–Crippen MR) is 61.7 cm³/mol. The van der Waals surface area contributed by atoms with Crippen LogP contribution in [0.2, 0.25) is 0 Å². The largest absolute Gasteiger partial charge is 0.383 e. The van der Waals surface area contributed by atoms with Gasteiger partial charge >= 0.3 is 0 Å². The second-order valence-electron chi connectivity index (χ2n) is 3.11. The van der Waals surface area contributed by atoms with Crippen molar-refractivity contribution < 1.29 is 0 Å². The zero-order valence-corrected chi connectivity index (χ0v) is 9.16. The smallest absolute Gasteiger partial charge is 0.128 e. The summed E-state index contributed by atoms with van der Waals surface area (Å²) in [5.41, 5.74) is 9.58. The molecule has 2 rings (SSSR count). The van der Waals surface area contributed by atoms with Gasteiger partial charge in [0.1, 0.15) is 5.82 Å². The minimum atomic E-state index is 0.0185. The lowest BCUT2D eigenvalue weighted by atomic mass is 10.1. The first-order valence-corrected chi connectivity index (χ1v) is 5.53. The topological polar surface area (TPSA) is 63.8 Å². The Balaban J connectivity index is 2.40. The maximum Gasteiger partial charge on any atom is 0.128 e. The molecule has 0 saturated carbocycles. The molecule has 0 aromatic carbocycles. The molecule has 2 heterocycles. The molecule has 0 fully saturated rings. The van der Waals surface area contributed by atoms with Gasteiger partial charge in [-0.05, 0) is 13.1 Å². The molecule has 0 aliphatic heterocycles. The highest BCUT2D eigenvalue weighted by Gasteiger charge is 2.16. The van der Waals surface area contributed by atoms with Crippen LogP contribution in [-0.4, -0.2) is 17.0 Å². The van der Waals surface area contributed by atoms with E-state index >= 15 is 0 Å². The summed E-state index contributed by atoms with van der Waals surface area (Å²) in [5, 5.41) is 5.19. The van der Waals surface area contributed by atoms with E-state index in [1.807, 2.05) is 30.1 Å². The zero-order chi connectivity index (χ0) is 10.7. The normalized spacial score (nSPS) is 12.6. The Morgan fingerprint density at radius 3 is 2.93 bits per heavy atom. The molecule has 0 saturated heterocycles. The first kappa shape index (κ1) is 10.1. The lowest BCUT2D eigenvalue weighted by Crippen LogP contribution is -2.19. The highest BCUT2D eigenvalue weighted by molar-refractivity contribution is 7.07.